The van der Waals surface area contributed by atoms with Gasteiger partial charge in [0.05, 0.1) is 21.8 Å². The minimum Gasteiger partial charge on any atom is -0.503 e. The van der Waals surface area contributed by atoms with E-state index >= 15 is 0 Å². The molecule has 160 valence electrons. The molecule has 0 radical (unpaired) electrons. The molecule has 0 bridgehead atoms. The molecular weight excluding hydrogens is 516 g/mol. The summed E-state index contributed by atoms with van der Waals surface area (Å²) in [6.07, 6.45) is 0. The zero-order valence-electron chi connectivity index (χ0n) is 16.5. The Morgan fingerprint density at radius 1 is 1.22 bits per heavy atom. The van der Waals surface area contributed by atoms with Crippen molar-refractivity contribution in [2.75, 3.05) is 4.90 Å². The maximum absolute atomic E-state index is 13.3. The molecule has 0 saturated heterocycles. The maximum Gasteiger partial charge on any atom is 0.296 e. The van der Waals surface area contributed by atoms with Gasteiger partial charge in [-0.25, -0.2) is 4.98 Å². The van der Waals surface area contributed by atoms with Crippen molar-refractivity contribution < 1.29 is 19.1 Å². The number of fused-ring (bicyclic) bond motifs is 1. The van der Waals surface area contributed by atoms with Gasteiger partial charge in [0.2, 0.25) is 5.78 Å². The minimum atomic E-state index is -0.881. The van der Waals surface area contributed by atoms with Crippen molar-refractivity contribution in [2.45, 2.75) is 13.0 Å². The van der Waals surface area contributed by atoms with Crippen LogP contribution in [-0.2, 0) is 4.79 Å². The van der Waals surface area contributed by atoms with Crippen molar-refractivity contribution >= 4 is 65.9 Å². The second kappa shape index (κ2) is 7.88. The third kappa shape index (κ3) is 3.44. The van der Waals surface area contributed by atoms with Gasteiger partial charge in [-0.05, 0) is 55.0 Å². The third-order valence-electron chi connectivity index (χ3n) is 5.13. The van der Waals surface area contributed by atoms with Crippen LogP contribution in [0.3, 0.4) is 0 Å². The molecule has 1 N–H and O–H groups in total. The number of amides is 1. The summed E-state index contributed by atoms with van der Waals surface area (Å²) >= 11 is 10.8. The highest BCUT2D eigenvalue weighted by molar-refractivity contribution is 9.10. The fraction of sp³-hybridized carbons (Fsp3) is 0.0870. The molecule has 2 aromatic heterocycles. The molecule has 0 saturated carbocycles. The second-order valence-corrected chi connectivity index (χ2v) is 9.60. The van der Waals surface area contributed by atoms with E-state index in [4.69, 9.17) is 16.0 Å². The van der Waals surface area contributed by atoms with Crippen LogP contribution in [0.1, 0.15) is 27.9 Å². The van der Waals surface area contributed by atoms with Crippen LogP contribution >= 0.6 is 38.9 Å². The van der Waals surface area contributed by atoms with Gasteiger partial charge in [-0.2, -0.15) is 0 Å². The van der Waals surface area contributed by atoms with Crippen molar-refractivity contribution in [1.82, 2.24) is 4.98 Å². The Morgan fingerprint density at radius 2 is 2.03 bits per heavy atom. The molecule has 9 heteroatoms. The Bertz CT molecular complexity index is 1440. The number of anilines is 1. The molecule has 4 aromatic rings. The highest BCUT2D eigenvalue weighted by Gasteiger charge is 2.46. The summed E-state index contributed by atoms with van der Waals surface area (Å²) < 4.78 is 7.05. The summed E-state index contributed by atoms with van der Waals surface area (Å²) in [5, 5.41) is 11.7. The van der Waals surface area contributed by atoms with Crippen molar-refractivity contribution in [1.29, 1.82) is 0 Å². The van der Waals surface area contributed by atoms with E-state index in [0.717, 1.165) is 9.17 Å². The zero-order chi connectivity index (χ0) is 22.6. The predicted octanol–water partition coefficient (Wildman–Crippen LogP) is 6.40. The van der Waals surface area contributed by atoms with Gasteiger partial charge in [0.25, 0.3) is 5.91 Å². The van der Waals surface area contributed by atoms with Crippen molar-refractivity contribution in [3.05, 3.63) is 92.5 Å². The number of ketones is 1. The average molecular weight is 530 g/mol. The molecule has 32 heavy (non-hydrogen) atoms. The topological polar surface area (TPSA) is 83.6 Å². The quantitative estimate of drug-likeness (QED) is 0.309. The number of hydrogen-bond acceptors (Lipinski definition) is 6. The summed E-state index contributed by atoms with van der Waals surface area (Å²) in [5.74, 6) is -1.27. The van der Waals surface area contributed by atoms with Gasteiger partial charge in [-0.15, -0.1) is 0 Å². The van der Waals surface area contributed by atoms with E-state index in [0.29, 0.717) is 27.0 Å². The van der Waals surface area contributed by atoms with Crippen LogP contribution < -0.4 is 4.90 Å². The van der Waals surface area contributed by atoms with E-state index < -0.39 is 23.5 Å². The average Bonchev–Trinajstić information content (AvgIpc) is 3.44. The van der Waals surface area contributed by atoms with E-state index in [2.05, 4.69) is 20.9 Å². The van der Waals surface area contributed by atoms with E-state index in [1.165, 1.54) is 22.3 Å². The van der Waals surface area contributed by atoms with Crippen LogP contribution in [0.4, 0.5) is 5.13 Å². The SMILES string of the molecule is Cc1ccc(C(=O)C2=C(O)C(=O)N(c3nc4ccc(Cl)cc4s3)C2c2cccc(Br)c2)o1. The maximum atomic E-state index is 13.3. The summed E-state index contributed by atoms with van der Waals surface area (Å²) in [6.45, 7) is 1.72. The van der Waals surface area contributed by atoms with E-state index in [9.17, 15) is 14.7 Å². The van der Waals surface area contributed by atoms with Crippen LogP contribution in [0.2, 0.25) is 5.02 Å². The summed E-state index contributed by atoms with van der Waals surface area (Å²) in [7, 11) is 0. The monoisotopic (exact) mass is 528 g/mol. The zero-order valence-corrected chi connectivity index (χ0v) is 19.7. The second-order valence-electron chi connectivity index (χ2n) is 7.24. The molecule has 3 heterocycles. The van der Waals surface area contributed by atoms with Crippen LogP contribution in [0.25, 0.3) is 10.2 Å². The first-order valence-electron chi connectivity index (χ1n) is 9.53. The number of aliphatic hydroxyl groups excluding tert-OH is 1. The highest BCUT2D eigenvalue weighted by atomic mass is 79.9. The molecule has 2 aromatic carbocycles. The minimum absolute atomic E-state index is 0.0507. The largest absolute Gasteiger partial charge is 0.503 e. The molecule has 0 fully saturated rings. The highest BCUT2D eigenvalue weighted by Crippen LogP contribution is 2.44. The Hall–Kier alpha value is -2.94. The Labute approximate surface area is 199 Å². The summed E-state index contributed by atoms with van der Waals surface area (Å²) in [6, 6.07) is 14.8. The van der Waals surface area contributed by atoms with Gasteiger partial charge in [0, 0.05) is 9.50 Å². The molecule has 0 aliphatic carbocycles. The van der Waals surface area contributed by atoms with Crippen LogP contribution in [0.5, 0.6) is 0 Å². The molecule has 1 unspecified atom stereocenters. The van der Waals surface area contributed by atoms with Gasteiger partial charge in [-0.3, -0.25) is 14.5 Å². The number of nitrogens with zero attached hydrogens (tertiary/aromatic N) is 2. The number of thiazole rings is 1. The molecule has 1 aliphatic rings. The Morgan fingerprint density at radius 3 is 2.75 bits per heavy atom. The van der Waals surface area contributed by atoms with Gasteiger partial charge >= 0.3 is 0 Å². The van der Waals surface area contributed by atoms with Crippen LogP contribution in [0, 0.1) is 6.92 Å². The number of halogens is 2. The first kappa shape index (κ1) is 20.9. The van der Waals surface area contributed by atoms with E-state index in [1.54, 1.807) is 49.4 Å². The number of rotatable bonds is 4. The number of benzene rings is 2. The number of furan rings is 1. The standard InChI is InChI=1S/C23H14BrClN2O4S/c1-11-5-8-16(31-11)20(28)18-19(12-3-2-4-13(24)9-12)27(22(30)21(18)29)23-26-15-7-6-14(25)10-17(15)32-23/h2-10,19,29H,1H3. The van der Waals surface area contributed by atoms with Crippen molar-refractivity contribution in [2.24, 2.45) is 0 Å². The number of aromatic nitrogens is 1. The molecule has 1 atom stereocenters. The van der Waals surface area contributed by atoms with Crippen molar-refractivity contribution in [3.8, 4) is 0 Å². The lowest BCUT2D eigenvalue weighted by Gasteiger charge is -2.24. The van der Waals surface area contributed by atoms with E-state index in [-0.39, 0.29) is 11.3 Å². The number of carbonyl (C=O) groups excluding carboxylic acids is 2. The fourth-order valence-electron chi connectivity index (χ4n) is 3.71. The molecule has 1 amide bonds. The normalized spacial score (nSPS) is 16.4. The molecule has 0 spiro atoms. The molecule has 1 aliphatic heterocycles. The predicted molar refractivity (Wildman–Crippen MR) is 126 cm³/mol. The molecule has 5 rings (SSSR count). The number of aryl methyl sites for hydroxylation is 1. The van der Waals surface area contributed by atoms with Gasteiger partial charge in [-0.1, -0.05) is 51.0 Å². The van der Waals surface area contributed by atoms with E-state index in [1.807, 2.05) is 6.07 Å². The number of carbonyl (C=O) groups is 2. The van der Waals surface area contributed by atoms with Gasteiger partial charge in [0.1, 0.15) is 5.76 Å². The Balaban J connectivity index is 1.69. The lowest BCUT2D eigenvalue weighted by molar-refractivity contribution is -0.117. The molecule has 6 nitrogen and oxygen atoms in total. The number of Topliss-reactive ketones (excluding diaryl/α,β-unsaturated/α-hetero) is 1. The van der Waals surface area contributed by atoms with Gasteiger partial charge in [0.15, 0.2) is 16.7 Å². The first-order chi connectivity index (χ1) is 15.3. The lowest BCUT2D eigenvalue weighted by atomic mass is 9.95. The number of aliphatic hydroxyl groups is 1. The molecular formula is C23H14BrClN2O4S. The third-order valence-corrected chi connectivity index (χ3v) is 6.87. The summed E-state index contributed by atoms with van der Waals surface area (Å²) in [4.78, 5) is 32.5. The van der Waals surface area contributed by atoms with Crippen LogP contribution in [0.15, 0.2) is 74.8 Å². The smallest absolute Gasteiger partial charge is 0.296 e. The Kier molecular flexibility index (Phi) is 5.16. The number of hydrogen-bond donors (Lipinski definition) is 1. The van der Waals surface area contributed by atoms with Gasteiger partial charge < -0.3 is 9.52 Å². The van der Waals surface area contributed by atoms with Crippen molar-refractivity contribution in [3.63, 3.8) is 0 Å². The lowest BCUT2D eigenvalue weighted by Crippen LogP contribution is -2.30. The fourth-order valence-corrected chi connectivity index (χ4v) is 5.39. The summed E-state index contributed by atoms with van der Waals surface area (Å²) in [5.41, 5.74) is 1.25. The van der Waals surface area contributed by atoms with Crippen LogP contribution in [-0.4, -0.2) is 21.8 Å². The first-order valence-corrected chi connectivity index (χ1v) is 11.5.